The van der Waals surface area contributed by atoms with E-state index >= 15 is 0 Å². The molecule has 0 fully saturated rings. The van der Waals surface area contributed by atoms with Crippen LogP contribution in [-0.2, 0) is 11.2 Å². The van der Waals surface area contributed by atoms with Crippen molar-refractivity contribution in [3.05, 3.63) is 29.8 Å². The zero-order chi connectivity index (χ0) is 16.2. The van der Waals surface area contributed by atoms with E-state index in [0.717, 1.165) is 44.9 Å². The molecule has 2 N–H and O–H groups in total. The van der Waals surface area contributed by atoms with Gasteiger partial charge in [-0.15, -0.1) is 24.0 Å². The predicted octanol–water partition coefficient (Wildman–Crippen LogP) is 2.50. The number of aryl methyl sites for hydroxylation is 1. The fourth-order valence-electron chi connectivity index (χ4n) is 2.10. The van der Waals surface area contributed by atoms with Crippen molar-refractivity contribution in [2.24, 2.45) is 4.99 Å². The number of nitrogens with zero attached hydrogens (tertiary/aromatic N) is 2. The number of hydrogen-bond acceptors (Lipinski definition) is 3. The van der Waals surface area contributed by atoms with Gasteiger partial charge < -0.3 is 20.3 Å². The van der Waals surface area contributed by atoms with E-state index in [4.69, 9.17) is 4.74 Å². The lowest BCUT2D eigenvalue weighted by Crippen LogP contribution is -2.38. The maximum atomic E-state index is 5.02. The summed E-state index contributed by atoms with van der Waals surface area (Å²) in [6, 6.07) is 8.73. The Labute approximate surface area is 157 Å². The fraction of sp³-hybridized carbons (Fsp3) is 0.588. The Balaban J connectivity index is 0.00000484. The second kappa shape index (κ2) is 13.4. The molecule has 6 heteroatoms. The van der Waals surface area contributed by atoms with Gasteiger partial charge in [0.1, 0.15) is 0 Å². The molecule has 1 aromatic rings. The summed E-state index contributed by atoms with van der Waals surface area (Å²) in [5.41, 5.74) is 2.61. The lowest BCUT2D eigenvalue weighted by Gasteiger charge is -2.13. The number of benzene rings is 1. The van der Waals surface area contributed by atoms with Crippen LogP contribution in [0.25, 0.3) is 0 Å². The van der Waals surface area contributed by atoms with Crippen molar-refractivity contribution in [2.75, 3.05) is 52.8 Å². The zero-order valence-electron chi connectivity index (χ0n) is 14.8. The van der Waals surface area contributed by atoms with Crippen molar-refractivity contribution in [2.45, 2.75) is 19.3 Å². The Morgan fingerprint density at radius 3 is 2.22 bits per heavy atom. The monoisotopic (exact) mass is 434 g/mol. The molecule has 0 atom stereocenters. The van der Waals surface area contributed by atoms with Gasteiger partial charge in [-0.3, -0.25) is 4.99 Å². The number of methoxy groups -OCH3 is 1. The second-order valence-electron chi connectivity index (χ2n) is 5.44. The van der Waals surface area contributed by atoms with Crippen LogP contribution >= 0.6 is 24.0 Å². The Kier molecular flexibility index (Phi) is 12.8. The molecule has 0 aliphatic carbocycles. The molecule has 0 aliphatic heterocycles. The summed E-state index contributed by atoms with van der Waals surface area (Å²) in [7, 11) is 7.64. The molecule has 5 nitrogen and oxygen atoms in total. The summed E-state index contributed by atoms with van der Waals surface area (Å²) < 4.78 is 5.02. The molecule has 1 rings (SSSR count). The minimum Gasteiger partial charge on any atom is -0.385 e. The number of guanidine groups is 1. The van der Waals surface area contributed by atoms with Crippen LogP contribution in [-0.4, -0.2) is 53.9 Å². The van der Waals surface area contributed by atoms with Crippen molar-refractivity contribution in [3.8, 4) is 0 Å². The predicted molar refractivity (Wildman–Crippen MR) is 110 cm³/mol. The standard InChI is InChI=1S/C17H30N4O.HI/c1-18-17(20-13-6-14-22-4)19-12-5-7-15-8-10-16(11-9-15)21(2)3;/h8-11H,5-7,12-14H2,1-4H3,(H2,18,19,20);1H. The van der Waals surface area contributed by atoms with Crippen LogP contribution in [0.5, 0.6) is 0 Å². The third-order valence-electron chi connectivity index (χ3n) is 3.43. The Bertz CT molecular complexity index is 435. The molecule has 0 aliphatic rings. The third kappa shape index (κ3) is 9.65. The summed E-state index contributed by atoms with van der Waals surface area (Å²) in [6.45, 7) is 2.56. The van der Waals surface area contributed by atoms with Gasteiger partial charge in [0.2, 0.25) is 0 Å². The van der Waals surface area contributed by atoms with Crippen molar-refractivity contribution in [1.29, 1.82) is 0 Å². The van der Waals surface area contributed by atoms with E-state index in [9.17, 15) is 0 Å². The van der Waals surface area contributed by atoms with Gasteiger partial charge in [0, 0.05) is 53.6 Å². The van der Waals surface area contributed by atoms with E-state index in [0.29, 0.717) is 0 Å². The van der Waals surface area contributed by atoms with Crippen LogP contribution in [0.2, 0.25) is 0 Å². The van der Waals surface area contributed by atoms with Crippen molar-refractivity contribution in [3.63, 3.8) is 0 Å². The van der Waals surface area contributed by atoms with Crippen LogP contribution < -0.4 is 15.5 Å². The van der Waals surface area contributed by atoms with Crippen LogP contribution in [0.1, 0.15) is 18.4 Å². The molecule has 1 aromatic carbocycles. The average Bonchev–Trinajstić information content (AvgIpc) is 2.53. The first-order valence-electron chi connectivity index (χ1n) is 7.87. The highest BCUT2D eigenvalue weighted by atomic mass is 127. The maximum Gasteiger partial charge on any atom is 0.190 e. The fourth-order valence-corrected chi connectivity index (χ4v) is 2.10. The molecule has 0 saturated heterocycles. The molecular weight excluding hydrogens is 403 g/mol. The largest absolute Gasteiger partial charge is 0.385 e. The second-order valence-corrected chi connectivity index (χ2v) is 5.44. The minimum atomic E-state index is 0. The number of rotatable bonds is 9. The molecule has 23 heavy (non-hydrogen) atoms. The first-order chi connectivity index (χ1) is 10.7. The Morgan fingerprint density at radius 2 is 1.70 bits per heavy atom. The summed E-state index contributed by atoms with van der Waals surface area (Å²) in [4.78, 5) is 6.32. The smallest absolute Gasteiger partial charge is 0.190 e. The molecule has 132 valence electrons. The summed E-state index contributed by atoms with van der Waals surface area (Å²) in [5, 5.41) is 6.61. The van der Waals surface area contributed by atoms with Crippen molar-refractivity contribution < 1.29 is 4.74 Å². The zero-order valence-corrected chi connectivity index (χ0v) is 17.1. The van der Waals surface area contributed by atoms with Gasteiger partial charge in [0.05, 0.1) is 0 Å². The maximum absolute atomic E-state index is 5.02. The molecule has 0 radical (unpaired) electrons. The minimum absolute atomic E-state index is 0. The number of ether oxygens (including phenoxy) is 1. The molecule has 0 unspecified atom stereocenters. The van der Waals surface area contributed by atoms with Crippen LogP contribution in [0.4, 0.5) is 5.69 Å². The lowest BCUT2D eigenvalue weighted by atomic mass is 10.1. The van der Waals surface area contributed by atoms with Gasteiger partial charge >= 0.3 is 0 Å². The van der Waals surface area contributed by atoms with Crippen LogP contribution in [0, 0.1) is 0 Å². The number of anilines is 1. The van der Waals surface area contributed by atoms with E-state index in [2.05, 4.69) is 58.9 Å². The molecule has 0 bridgehead atoms. The van der Waals surface area contributed by atoms with E-state index in [1.807, 2.05) is 0 Å². The first-order valence-corrected chi connectivity index (χ1v) is 7.87. The van der Waals surface area contributed by atoms with Gasteiger partial charge in [-0.2, -0.15) is 0 Å². The van der Waals surface area contributed by atoms with Crippen molar-refractivity contribution in [1.82, 2.24) is 10.6 Å². The van der Waals surface area contributed by atoms with Gasteiger partial charge in [-0.1, -0.05) is 12.1 Å². The molecule has 0 amide bonds. The molecule has 0 heterocycles. The van der Waals surface area contributed by atoms with Gasteiger partial charge in [0.25, 0.3) is 0 Å². The Morgan fingerprint density at radius 1 is 1.09 bits per heavy atom. The highest BCUT2D eigenvalue weighted by molar-refractivity contribution is 14.0. The number of aliphatic imine (C=N–C) groups is 1. The van der Waals surface area contributed by atoms with E-state index < -0.39 is 0 Å². The first kappa shape index (κ1) is 22.0. The average molecular weight is 434 g/mol. The molecule has 0 saturated carbocycles. The molecule has 0 spiro atoms. The highest BCUT2D eigenvalue weighted by Crippen LogP contribution is 2.13. The quantitative estimate of drug-likeness (QED) is 0.272. The normalized spacial score (nSPS) is 10.9. The number of halogens is 1. The van der Waals surface area contributed by atoms with E-state index in [1.54, 1.807) is 14.2 Å². The summed E-state index contributed by atoms with van der Waals surface area (Å²) in [5.74, 6) is 0.860. The van der Waals surface area contributed by atoms with E-state index in [1.165, 1.54) is 11.3 Å². The molecular formula is C17H31IN4O. The molecule has 0 aromatic heterocycles. The van der Waals surface area contributed by atoms with Crippen LogP contribution in [0.3, 0.4) is 0 Å². The van der Waals surface area contributed by atoms with Crippen LogP contribution in [0.15, 0.2) is 29.3 Å². The lowest BCUT2D eigenvalue weighted by molar-refractivity contribution is 0.195. The van der Waals surface area contributed by atoms with Gasteiger partial charge in [-0.05, 0) is 37.0 Å². The van der Waals surface area contributed by atoms with E-state index in [-0.39, 0.29) is 24.0 Å². The Hall–Kier alpha value is -1.02. The summed E-state index contributed by atoms with van der Waals surface area (Å²) >= 11 is 0. The van der Waals surface area contributed by atoms with Crippen molar-refractivity contribution >= 4 is 35.6 Å². The topological polar surface area (TPSA) is 48.9 Å². The number of nitrogens with one attached hydrogen (secondary N) is 2. The SMILES string of the molecule is CN=C(NCCCOC)NCCCc1ccc(N(C)C)cc1.I. The highest BCUT2D eigenvalue weighted by Gasteiger charge is 1.99. The number of hydrogen-bond donors (Lipinski definition) is 2. The van der Waals surface area contributed by atoms with Gasteiger partial charge in [0.15, 0.2) is 5.96 Å². The summed E-state index contributed by atoms with van der Waals surface area (Å²) in [6.07, 6.45) is 3.14. The van der Waals surface area contributed by atoms with Gasteiger partial charge in [-0.25, -0.2) is 0 Å². The third-order valence-corrected chi connectivity index (χ3v) is 3.43.